The summed E-state index contributed by atoms with van der Waals surface area (Å²) in [7, 11) is 6.83. The zero-order chi connectivity index (χ0) is 29.4. The summed E-state index contributed by atoms with van der Waals surface area (Å²) in [5.74, 6) is -4.70. The lowest BCUT2D eigenvalue weighted by Gasteiger charge is -2.41. The average Bonchev–Trinajstić information content (AvgIpc) is 3.00. The van der Waals surface area contributed by atoms with Crippen molar-refractivity contribution in [2.24, 2.45) is 0 Å². The molecule has 1 aromatic heterocycles. The number of aliphatic hydroxyl groups excluding tert-OH is 1. The van der Waals surface area contributed by atoms with E-state index in [9.17, 15) is 29.2 Å². The second kappa shape index (κ2) is 11.0. The molecule has 1 aliphatic rings. The summed E-state index contributed by atoms with van der Waals surface area (Å²) in [5.41, 5.74) is -4.52. The van der Waals surface area contributed by atoms with E-state index in [1.165, 1.54) is 31.2 Å². The minimum absolute atomic E-state index is 0.0703. The van der Waals surface area contributed by atoms with E-state index in [0.29, 0.717) is 4.57 Å². The molecule has 39 heavy (non-hydrogen) atoms. The van der Waals surface area contributed by atoms with Gasteiger partial charge in [-0.3, -0.25) is 23.7 Å². The van der Waals surface area contributed by atoms with Crippen LogP contribution in [0.1, 0.15) is 33.9 Å². The van der Waals surface area contributed by atoms with E-state index in [1.54, 1.807) is 19.9 Å². The summed E-state index contributed by atoms with van der Waals surface area (Å²) in [6.07, 6.45) is -4.27. The van der Waals surface area contributed by atoms with Crippen molar-refractivity contribution in [3.63, 3.8) is 0 Å². The fourth-order valence-electron chi connectivity index (χ4n) is 3.69. The van der Waals surface area contributed by atoms with Crippen molar-refractivity contribution in [1.82, 2.24) is 14.6 Å². The lowest BCUT2D eigenvalue weighted by atomic mass is 9.59. The van der Waals surface area contributed by atoms with Crippen LogP contribution in [0.25, 0.3) is 0 Å². The van der Waals surface area contributed by atoms with Gasteiger partial charge in [-0.05, 0) is 39.8 Å². The van der Waals surface area contributed by atoms with Gasteiger partial charge in [-0.15, -0.1) is 0 Å². The number of aromatic amines is 1. The molecule has 208 valence electrons. The normalized spacial score (nSPS) is 27.6. The van der Waals surface area contributed by atoms with Crippen molar-refractivity contribution in [2.75, 3.05) is 0 Å². The Labute approximate surface area is 225 Å². The summed E-state index contributed by atoms with van der Waals surface area (Å²) < 4.78 is 51.6. The highest BCUT2D eigenvalue weighted by atomic mass is 31.2. The molecule has 0 spiro atoms. The Kier molecular flexibility index (Phi) is 8.71. The summed E-state index contributed by atoms with van der Waals surface area (Å²) in [6, 6.07) is 6.88. The van der Waals surface area contributed by atoms with E-state index >= 15 is 4.39 Å². The van der Waals surface area contributed by atoms with E-state index in [0.717, 1.165) is 19.2 Å². The second-order valence-electron chi connectivity index (χ2n) is 9.38. The molecule has 2 heterocycles. The van der Waals surface area contributed by atoms with Crippen LogP contribution >= 0.6 is 7.75 Å². The molecule has 2 aromatic rings. The summed E-state index contributed by atoms with van der Waals surface area (Å²) in [6.45, 7) is 5.31. The molecule has 0 saturated carbocycles. The Hall–Kier alpha value is -2.74. The Bertz CT molecular complexity index is 1360. The first-order chi connectivity index (χ1) is 17.9. The van der Waals surface area contributed by atoms with Crippen molar-refractivity contribution in [2.45, 2.75) is 69.0 Å². The number of nitrogens with one attached hydrogen (secondary N) is 2. The van der Waals surface area contributed by atoms with Crippen molar-refractivity contribution >= 4 is 29.4 Å². The molecule has 1 aromatic carbocycles. The van der Waals surface area contributed by atoms with Gasteiger partial charge >= 0.3 is 19.4 Å². The number of halogens is 1. The number of aromatic nitrogens is 2. The summed E-state index contributed by atoms with van der Waals surface area (Å²) >= 11 is 0. The van der Waals surface area contributed by atoms with Crippen molar-refractivity contribution in [1.29, 1.82) is 0 Å². The molecule has 1 fully saturated rings. The van der Waals surface area contributed by atoms with Gasteiger partial charge in [0.2, 0.25) is 0 Å². The zero-order valence-electron chi connectivity index (χ0n) is 21.4. The fraction of sp³-hybridized carbons (Fsp3) is 0.500. The van der Waals surface area contributed by atoms with Crippen LogP contribution in [-0.4, -0.2) is 76.5 Å². The van der Waals surface area contributed by atoms with E-state index in [4.69, 9.17) is 34.2 Å². The molecule has 4 radical (unpaired) electrons. The largest absolute Gasteiger partial charge is 0.462 e. The molecule has 3 rings (SSSR count). The van der Waals surface area contributed by atoms with Gasteiger partial charge in [0.1, 0.15) is 39.2 Å². The first-order valence-electron chi connectivity index (χ1n) is 11.6. The Balaban J connectivity index is 1.99. The molecule has 1 unspecified atom stereocenters. The van der Waals surface area contributed by atoms with Gasteiger partial charge in [0, 0.05) is 12.3 Å². The number of carbonyl (C=O) groups excluding carboxylic acids is 1. The Morgan fingerprint density at radius 3 is 2.44 bits per heavy atom. The van der Waals surface area contributed by atoms with E-state index in [-0.39, 0.29) is 5.75 Å². The maximum Gasteiger partial charge on any atom is 0.458 e. The van der Waals surface area contributed by atoms with Crippen LogP contribution in [0.3, 0.4) is 0 Å². The topological polar surface area (TPSA) is 178 Å². The van der Waals surface area contributed by atoms with Crippen molar-refractivity contribution in [3.05, 3.63) is 63.4 Å². The van der Waals surface area contributed by atoms with Crippen molar-refractivity contribution < 1.29 is 42.5 Å². The number of hydrogen-bond acceptors (Lipinski definition) is 10. The van der Waals surface area contributed by atoms with Crippen LogP contribution in [0, 0.1) is 0 Å². The summed E-state index contributed by atoms with van der Waals surface area (Å²) in [5, 5.41) is 20.5. The number of nitrogens with zero attached hydrogens (tertiary/aromatic N) is 1. The van der Waals surface area contributed by atoms with Gasteiger partial charge in [-0.2, -0.15) is 5.09 Å². The van der Waals surface area contributed by atoms with Crippen LogP contribution in [0.4, 0.5) is 4.39 Å². The highest BCUT2D eigenvalue weighted by Gasteiger charge is 2.69. The quantitative estimate of drug-likeness (QED) is 0.173. The molecule has 1 aliphatic heterocycles. The molecule has 13 nitrogen and oxygen atoms in total. The lowest BCUT2D eigenvalue weighted by molar-refractivity contribution is -0.227. The predicted molar refractivity (Wildman–Crippen MR) is 136 cm³/mol. The number of para-hydroxylation sites is 1. The first kappa shape index (κ1) is 30.8. The number of hydrogen-bond donors (Lipinski definition) is 4. The predicted octanol–water partition coefficient (Wildman–Crippen LogP) is -0.0327. The maximum atomic E-state index is 16.4. The molecule has 0 bridgehead atoms. The highest BCUT2D eigenvalue weighted by molar-refractivity contribution is 7.52. The molecular formula is C22H27B2FN3O10P. The fourth-order valence-corrected chi connectivity index (χ4v) is 5.33. The second-order valence-corrected chi connectivity index (χ2v) is 11.0. The average molecular weight is 565 g/mol. The standard InChI is InChI=1S/C22H27B2FN3O10P/c1-12(2)35-16(30)13(3)27-39(34,37-14-8-6-5-7-9-14)38-22(23,24)21(25)17(31)20(4,33)18(36-21)28-11-10-15(29)26-19(28)32/h5-13,17-18,31,33H,1-4H3,(H,27,34)(H,26,29,32)/t13-,17-,18+,20+,21-,39?/m0/s1. The number of alkyl halides is 1. The van der Waals surface area contributed by atoms with Gasteiger partial charge in [0.05, 0.1) is 11.5 Å². The first-order valence-corrected chi connectivity index (χ1v) is 13.2. The van der Waals surface area contributed by atoms with Crippen LogP contribution in [0.5, 0.6) is 5.75 Å². The van der Waals surface area contributed by atoms with Gasteiger partial charge in [0.25, 0.3) is 11.4 Å². The van der Waals surface area contributed by atoms with E-state index in [1.807, 2.05) is 4.98 Å². The molecule has 1 saturated heterocycles. The van der Waals surface area contributed by atoms with Gasteiger partial charge in [-0.1, -0.05) is 18.2 Å². The van der Waals surface area contributed by atoms with Gasteiger partial charge < -0.3 is 24.2 Å². The Morgan fingerprint density at radius 2 is 1.87 bits per heavy atom. The number of carbonyl (C=O) groups is 1. The zero-order valence-corrected chi connectivity index (χ0v) is 22.3. The van der Waals surface area contributed by atoms with Crippen LogP contribution in [-0.2, 0) is 23.4 Å². The van der Waals surface area contributed by atoms with Crippen LogP contribution in [0.15, 0.2) is 52.2 Å². The molecular weight excluding hydrogens is 538 g/mol. The number of H-pyrrole nitrogens is 1. The molecule has 6 atom stereocenters. The minimum Gasteiger partial charge on any atom is -0.462 e. The molecule has 0 amide bonds. The van der Waals surface area contributed by atoms with Gasteiger partial charge in [0.15, 0.2) is 6.23 Å². The van der Waals surface area contributed by atoms with Gasteiger partial charge in [-0.25, -0.2) is 13.8 Å². The van der Waals surface area contributed by atoms with Crippen LogP contribution < -0.4 is 20.9 Å². The summed E-state index contributed by atoms with van der Waals surface area (Å²) in [4.78, 5) is 37.9. The number of ether oxygens (including phenoxy) is 2. The molecule has 0 aliphatic carbocycles. The third-order valence-corrected chi connectivity index (χ3v) is 7.32. The molecule has 17 heteroatoms. The third-order valence-electron chi connectivity index (χ3n) is 5.62. The maximum absolute atomic E-state index is 16.4. The number of aliphatic hydroxyl groups is 2. The Morgan fingerprint density at radius 1 is 1.26 bits per heavy atom. The monoisotopic (exact) mass is 565 g/mol. The number of rotatable bonds is 10. The third kappa shape index (κ3) is 6.37. The smallest absolute Gasteiger partial charge is 0.458 e. The molecule has 4 N–H and O–H groups in total. The number of benzene rings is 1. The highest BCUT2D eigenvalue weighted by Crippen LogP contribution is 2.55. The minimum atomic E-state index is -4.92. The van der Waals surface area contributed by atoms with E-state index < -0.39 is 66.3 Å². The number of esters is 1. The van der Waals surface area contributed by atoms with Crippen molar-refractivity contribution in [3.8, 4) is 5.75 Å². The van der Waals surface area contributed by atoms with Crippen LogP contribution in [0.2, 0.25) is 0 Å². The lowest BCUT2D eigenvalue weighted by Crippen LogP contribution is -2.62. The van der Waals surface area contributed by atoms with E-state index in [2.05, 4.69) is 5.09 Å². The SMILES string of the molecule is [B]C([B])(OP(=O)(N[C@@H](C)C(=O)OC(C)C)Oc1ccccc1)[C@@]1(F)O[C@@H](n2ccc(=O)[nH]c2=O)[C@](C)(O)[C@@H]1O.